The molecule has 1 N–H and O–H groups in total. The molecule has 0 saturated heterocycles. The number of carbonyl (C=O) groups excluding carboxylic acids is 1. The van der Waals surface area contributed by atoms with Gasteiger partial charge in [-0.3, -0.25) is 9.10 Å². The standard InChI is InChI=1S/C23H21BrN2O4S/c1-2-15-30-21-8-6-7-19(16-21)25-23(27)17-26(20-13-11-18(24)12-14-20)31(28,29)22-9-4-3-5-10-22/h2-14,16H,1,15,17H2,(H,25,27). The summed E-state index contributed by atoms with van der Waals surface area (Å²) in [5.41, 5.74) is 0.879. The van der Waals surface area contributed by atoms with E-state index in [0.717, 1.165) is 8.78 Å². The zero-order chi connectivity index (χ0) is 22.3. The summed E-state index contributed by atoms with van der Waals surface area (Å²) >= 11 is 3.34. The average molecular weight is 501 g/mol. The highest BCUT2D eigenvalue weighted by atomic mass is 79.9. The Hall–Kier alpha value is -3.10. The van der Waals surface area contributed by atoms with Gasteiger partial charge in [-0.15, -0.1) is 0 Å². The van der Waals surface area contributed by atoms with E-state index in [0.29, 0.717) is 23.7 Å². The summed E-state index contributed by atoms with van der Waals surface area (Å²) in [6.07, 6.45) is 1.62. The Morgan fingerprint density at radius 1 is 1.03 bits per heavy atom. The molecule has 0 atom stereocenters. The molecule has 1 amide bonds. The number of carbonyl (C=O) groups is 1. The van der Waals surface area contributed by atoms with E-state index in [9.17, 15) is 13.2 Å². The van der Waals surface area contributed by atoms with E-state index in [1.165, 1.54) is 12.1 Å². The maximum atomic E-state index is 13.3. The van der Waals surface area contributed by atoms with Crippen molar-refractivity contribution in [3.63, 3.8) is 0 Å². The number of ether oxygens (including phenoxy) is 1. The third-order valence-corrected chi connectivity index (χ3v) is 6.54. The molecule has 3 aromatic rings. The Morgan fingerprint density at radius 3 is 2.42 bits per heavy atom. The van der Waals surface area contributed by atoms with Crippen molar-refractivity contribution in [3.8, 4) is 5.75 Å². The summed E-state index contributed by atoms with van der Waals surface area (Å²) in [6, 6.07) is 21.6. The summed E-state index contributed by atoms with van der Waals surface area (Å²) in [7, 11) is -3.95. The van der Waals surface area contributed by atoms with Crippen molar-refractivity contribution in [3.05, 3.63) is 96.0 Å². The maximum absolute atomic E-state index is 13.3. The molecular weight excluding hydrogens is 480 g/mol. The smallest absolute Gasteiger partial charge is 0.264 e. The van der Waals surface area contributed by atoms with Gasteiger partial charge < -0.3 is 10.1 Å². The van der Waals surface area contributed by atoms with Gasteiger partial charge in [0.2, 0.25) is 5.91 Å². The molecule has 0 aliphatic rings. The van der Waals surface area contributed by atoms with Crippen LogP contribution >= 0.6 is 15.9 Å². The van der Waals surface area contributed by atoms with Crippen LogP contribution in [0.2, 0.25) is 0 Å². The Bertz CT molecular complexity index is 1150. The van der Waals surface area contributed by atoms with Gasteiger partial charge in [0.1, 0.15) is 18.9 Å². The van der Waals surface area contributed by atoms with E-state index in [1.807, 2.05) is 0 Å². The number of amides is 1. The molecular formula is C23H21BrN2O4S. The van der Waals surface area contributed by atoms with E-state index in [2.05, 4.69) is 27.8 Å². The Kier molecular flexibility index (Phi) is 7.49. The number of halogens is 1. The van der Waals surface area contributed by atoms with Crippen molar-refractivity contribution in [2.24, 2.45) is 0 Å². The minimum atomic E-state index is -3.95. The van der Waals surface area contributed by atoms with Crippen molar-refractivity contribution < 1.29 is 17.9 Å². The lowest BCUT2D eigenvalue weighted by Gasteiger charge is -2.24. The third kappa shape index (κ3) is 5.96. The first kappa shape index (κ1) is 22.6. The van der Waals surface area contributed by atoms with Gasteiger partial charge in [-0.05, 0) is 48.5 Å². The molecule has 0 heterocycles. The minimum Gasteiger partial charge on any atom is -0.489 e. The average Bonchev–Trinajstić information content (AvgIpc) is 2.77. The Balaban J connectivity index is 1.86. The van der Waals surface area contributed by atoms with Crippen LogP contribution in [0.4, 0.5) is 11.4 Å². The molecule has 3 aromatic carbocycles. The van der Waals surface area contributed by atoms with Crippen LogP contribution in [0.15, 0.2) is 101 Å². The highest BCUT2D eigenvalue weighted by Gasteiger charge is 2.27. The fourth-order valence-corrected chi connectivity index (χ4v) is 4.50. The monoisotopic (exact) mass is 500 g/mol. The van der Waals surface area contributed by atoms with Crippen molar-refractivity contribution in [1.29, 1.82) is 0 Å². The summed E-state index contributed by atoms with van der Waals surface area (Å²) < 4.78 is 33.9. The molecule has 0 fully saturated rings. The van der Waals surface area contributed by atoms with E-state index in [1.54, 1.807) is 72.8 Å². The van der Waals surface area contributed by atoms with Crippen molar-refractivity contribution >= 4 is 43.2 Å². The van der Waals surface area contributed by atoms with Crippen LogP contribution in [0.5, 0.6) is 5.75 Å². The molecule has 6 nitrogen and oxygen atoms in total. The Labute approximate surface area is 190 Å². The van der Waals surface area contributed by atoms with E-state index >= 15 is 0 Å². The molecule has 3 rings (SSSR count). The van der Waals surface area contributed by atoms with Crippen LogP contribution < -0.4 is 14.4 Å². The van der Waals surface area contributed by atoms with Crippen LogP contribution in [-0.2, 0) is 14.8 Å². The minimum absolute atomic E-state index is 0.102. The van der Waals surface area contributed by atoms with Crippen LogP contribution in [0.1, 0.15) is 0 Å². The summed E-state index contributed by atoms with van der Waals surface area (Å²) in [5.74, 6) is 0.0858. The number of nitrogens with one attached hydrogen (secondary N) is 1. The lowest BCUT2D eigenvalue weighted by atomic mass is 10.3. The molecule has 0 bridgehead atoms. The zero-order valence-electron chi connectivity index (χ0n) is 16.6. The summed E-state index contributed by atoms with van der Waals surface area (Å²) in [5, 5.41) is 2.73. The molecule has 8 heteroatoms. The number of anilines is 2. The van der Waals surface area contributed by atoms with Crippen molar-refractivity contribution in [2.75, 3.05) is 22.8 Å². The molecule has 0 unspecified atom stereocenters. The van der Waals surface area contributed by atoms with Crippen LogP contribution in [-0.4, -0.2) is 27.5 Å². The lowest BCUT2D eigenvalue weighted by molar-refractivity contribution is -0.114. The second kappa shape index (κ2) is 10.3. The zero-order valence-corrected chi connectivity index (χ0v) is 19.0. The summed E-state index contributed by atoms with van der Waals surface area (Å²) in [6.45, 7) is 3.55. The second-order valence-corrected chi connectivity index (χ2v) is 9.25. The lowest BCUT2D eigenvalue weighted by Crippen LogP contribution is -2.38. The van der Waals surface area contributed by atoms with Crippen LogP contribution in [0.25, 0.3) is 0 Å². The van der Waals surface area contributed by atoms with Gasteiger partial charge in [0.25, 0.3) is 10.0 Å². The molecule has 0 spiro atoms. The van der Waals surface area contributed by atoms with Crippen LogP contribution in [0, 0.1) is 0 Å². The van der Waals surface area contributed by atoms with Gasteiger partial charge in [0, 0.05) is 16.2 Å². The first-order chi connectivity index (χ1) is 14.9. The molecule has 160 valence electrons. The number of sulfonamides is 1. The first-order valence-electron chi connectivity index (χ1n) is 9.37. The third-order valence-electron chi connectivity index (χ3n) is 4.22. The largest absolute Gasteiger partial charge is 0.489 e. The Morgan fingerprint density at radius 2 is 1.74 bits per heavy atom. The number of hydrogen-bond donors (Lipinski definition) is 1. The predicted octanol–water partition coefficient (Wildman–Crippen LogP) is 4.85. The molecule has 31 heavy (non-hydrogen) atoms. The van der Waals surface area contributed by atoms with Gasteiger partial charge in [-0.25, -0.2) is 8.42 Å². The van der Waals surface area contributed by atoms with Gasteiger partial charge in [-0.1, -0.05) is 52.9 Å². The molecule has 0 saturated carbocycles. The first-order valence-corrected chi connectivity index (χ1v) is 11.6. The number of nitrogens with zero attached hydrogens (tertiary/aromatic N) is 1. The number of benzene rings is 3. The van der Waals surface area contributed by atoms with Gasteiger partial charge in [0.15, 0.2) is 0 Å². The van der Waals surface area contributed by atoms with Crippen molar-refractivity contribution in [1.82, 2.24) is 0 Å². The highest BCUT2D eigenvalue weighted by molar-refractivity contribution is 9.10. The van der Waals surface area contributed by atoms with E-state index in [-0.39, 0.29) is 4.90 Å². The fraction of sp³-hybridized carbons (Fsp3) is 0.0870. The maximum Gasteiger partial charge on any atom is 0.264 e. The van der Waals surface area contributed by atoms with E-state index in [4.69, 9.17) is 4.74 Å². The quantitative estimate of drug-likeness (QED) is 0.426. The van der Waals surface area contributed by atoms with Gasteiger partial charge >= 0.3 is 0 Å². The molecule has 0 aromatic heterocycles. The predicted molar refractivity (Wildman–Crippen MR) is 126 cm³/mol. The van der Waals surface area contributed by atoms with E-state index < -0.39 is 22.5 Å². The molecule has 0 aliphatic carbocycles. The number of rotatable bonds is 9. The molecule has 0 aliphatic heterocycles. The van der Waals surface area contributed by atoms with Crippen LogP contribution in [0.3, 0.4) is 0 Å². The normalized spacial score (nSPS) is 10.9. The van der Waals surface area contributed by atoms with Crippen molar-refractivity contribution in [2.45, 2.75) is 4.90 Å². The van der Waals surface area contributed by atoms with Gasteiger partial charge in [0.05, 0.1) is 10.6 Å². The highest BCUT2D eigenvalue weighted by Crippen LogP contribution is 2.25. The summed E-state index contributed by atoms with van der Waals surface area (Å²) in [4.78, 5) is 12.9. The SMILES string of the molecule is C=CCOc1cccc(NC(=O)CN(c2ccc(Br)cc2)S(=O)(=O)c2ccccc2)c1. The molecule has 0 radical (unpaired) electrons. The topological polar surface area (TPSA) is 75.7 Å². The van der Waals surface area contributed by atoms with Gasteiger partial charge in [-0.2, -0.15) is 0 Å². The second-order valence-electron chi connectivity index (χ2n) is 6.48. The fourth-order valence-electron chi connectivity index (χ4n) is 2.79. The number of hydrogen-bond acceptors (Lipinski definition) is 4.